The molecule has 0 amide bonds. The van der Waals surface area contributed by atoms with Crippen molar-refractivity contribution in [2.75, 3.05) is 0 Å². The lowest BCUT2D eigenvalue weighted by Gasteiger charge is -2.03. The lowest BCUT2D eigenvalue weighted by atomic mass is 10.2. The highest BCUT2D eigenvalue weighted by molar-refractivity contribution is 9.10. The summed E-state index contributed by atoms with van der Waals surface area (Å²) in [7, 11) is 0. The first-order valence-corrected chi connectivity index (χ1v) is 7.83. The molecule has 0 aliphatic carbocycles. The Morgan fingerprint density at radius 2 is 1.88 bits per heavy atom. The maximum absolute atomic E-state index is 12.0. The Labute approximate surface area is 149 Å². The molecule has 25 heavy (non-hydrogen) atoms. The van der Waals surface area contributed by atoms with Crippen molar-refractivity contribution in [1.29, 1.82) is 0 Å². The summed E-state index contributed by atoms with van der Waals surface area (Å²) in [5.74, 6) is -0.224. The molecule has 0 spiro atoms. The van der Waals surface area contributed by atoms with Crippen molar-refractivity contribution in [2.45, 2.75) is 6.61 Å². The molecule has 0 atom stereocenters. The standard InChI is InChI=1S/C16H10BrN3O5/c17-13-4-2-1-3-12(13)16(21)24-9-14-18-19-15(25-14)10-5-7-11(8-6-10)20(22)23/h1-8H,9H2. The van der Waals surface area contributed by atoms with Crippen LogP contribution in [0.3, 0.4) is 0 Å². The molecule has 0 aliphatic rings. The van der Waals surface area contributed by atoms with Crippen LogP contribution in [0.25, 0.3) is 11.5 Å². The molecule has 1 aromatic heterocycles. The number of carbonyl (C=O) groups excluding carboxylic acids is 1. The number of nitro groups is 1. The topological polar surface area (TPSA) is 108 Å². The Balaban J connectivity index is 1.67. The molecule has 0 unspecified atom stereocenters. The van der Waals surface area contributed by atoms with Crippen molar-refractivity contribution in [3.63, 3.8) is 0 Å². The summed E-state index contributed by atoms with van der Waals surface area (Å²) >= 11 is 3.27. The lowest BCUT2D eigenvalue weighted by molar-refractivity contribution is -0.384. The Morgan fingerprint density at radius 1 is 1.16 bits per heavy atom. The van der Waals surface area contributed by atoms with Crippen LogP contribution < -0.4 is 0 Å². The number of hydrogen-bond donors (Lipinski definition) is 0. The molecule has 8 nitrogen and oxygen atoms in total. The number of halogens is 1. The minimum absolute atomic E-state index is 0.0362. The average Bonchev–Trinajstić information content (AvgIpc) is 3.09. The molecule has 3 rings (SSSR count). The predicted molar refractivity (Wildman–Crippen MR) is 89.6 cm³/mol. The first kappa shape index (κ1) is 16.8. The second-order valence-corrected chi connectivity index (χ2v) is 5.72. The number of ether oxygens (including phenoxy) is 1. The molecular formula is C16H10BrN3O5. The Morgan fingerprint density at radius 3 is 2.56 bits per heavy atom. The average molecular weight is 404 g/mol. The summed E-state index contributed by atoms with van der Waals surface area (Å²) in [5.41, 5.74) is 0.880. The normalized spacial score (nSPS) is 10.4. The molecule has 0 saturated carbocycles. The predicted octanol–water partition coefficient (Wildman–Crippen LogP) is 3.76. The summed E-state index contributed by atoms with van der Waals surface area (Å²) in [6.07, 6.45) is 0. The molecular weight excluding hydrogens is 394 g/mol. The summed E-state index contributed by atoms with van der Waals surface area (Å²) < 4.78 is 11.2. The van der Waals surface area contributed by atoms with Gasteiger partial charge in [0, 0.05) is 22.2 Å². The third-order valence-corrected chi connectivity index (χ3v) is 3.90. The fraction of sp³-hybridized carbons (Fsp3) is 0.0625. The summed E-state index contributed by atoms with van der Waals surface area (Å²) in [6.45, 7) is -0.180. The molecule has 0 aliphatic heterocycles. The number of hydrogen-bond acceptors (Lipinski definition) is 7. The van der Waals surface area contributed by atoms with Gasteiger partial charge < -0.3 is 9.15 Å². The molecule has 0 bridgehead atoms. The van der Waals surface area contributed by atoms with E-state index in [1.807, 2.05) is 0 Å². The monoisotopic (exact) mass is 403 g/mol. The van der Waals surface area contributed by atoms with Crippen molar-refractivity contribution >= 4 is 27.6 Å². The molecule has 0 radical (unpaired) electrons. The van der Waals surface area contributed by atoms with Gasteiger partial charge in [-0.25, -0.2) is 4.79 Å². The van der Waals surface area contributed by atoms with Crippen molar-refractivity contribution in [1.82, 2.24) is 10.2 Å². The van der Waals surface area contributed by atoms with Gasteiger partial charge in [0.25, 0.3) is 11.6 Å². The smallest absolute Gasteiger partial charge is 0.339 e. The van der Waals surface area contributed by atoms with Crippen molar-refractivity contribution in [3.05, 3.63) is 74.6 Å². The van der Waals surface area contributed by atoms with Gasteiger partial charge in [-0.2, -0.15) is 0 Å². The van der Waals surface area contributed by atoms with Crippen molar-refractivity contribution in [3.8, 4) is 11.5 Å². The molecule has 126 valence electrons. The maximum atomic E-state index is 12.0. The molecule has 0 N–H and O–H groups in total. The van der Waals surface area contributed by atoms with Crippen LogP contribution in [0.2, 0.25) is 0 Å². The van der Waals surface area contributed by atoms with Gasteiger partial charge in [-0.05, 0) is 40.2 Å². The van der Waals surface area contributed by atoms with E-state index in [1.165, 1.54) is 24.3 Å². The van der Waals surface area contributed by atoms with Crippen LogP contribution in [0.1, 0.15) is 16.2 Å². The maximum Gasteiger partial charge on any atom is 0.339 e. The minimum atomic E-state index is -0.525. The Bertz CT molecular complexity index is 924. The summed E-state index contributed by atoms with van der Waals surface area (Å²) in [4.78, 5) is 22.2. The van der Waals surface area contributed by atoms with Gasteiger partial charge in [0.05, 0.1) is 10.5 Å². The number of benzene rings is 2. The fourth-order valence-corrected chi connectivity index (χ4v) is 2.43. The quantitative estimate of drug-likeness (QED) is 0.362. The van der Waals surface area contributed by atoms with Gasteiger partial charge in [0.15, 0.2) is 6.61 Å². The third-order valence-electron chi connectivity index (χ3n) is 3.21. The Hall–Kier alpha value is -3.07. The van der Waals surface area contributed by atoms with Crippen LogP contribution in [-0.2, 0) is 11.3 Å². The van der Waals surface area contributed by atoms with Crippen LogP contribution >= 0.6 is 15.9 Å². The van der Waals surface area contributed by atoms with Crippen LogP contribution in [0.15, 0.2) is 57.4 Å². The zero-order valence-corrected chi connectivity index (χ0v) is 14.2. The number of esters is 1. The number of aromatic nitrogens is 2. The van der Waals surface area contributed by atoms with E-state index in [1.54, 1.807) is 24.3 Å². The van der Waals surface area contributed by atoms with Gasteiger partial charge in [-0.1, -0.05) is 12.1 Å². The van der Waals surface area contributed by atoms with Gasteiger partial charge >= 0.3 is 5.97 Å². The molecule has 2 aromatic carbocycles. The second kappa shape index (κ2) is 7.22. The van der Waals surface area contributed by atoms with E-state index in [9.17, 15) is 14.9 Å². The molecule has 3 aromatic rings. The number of rotatable bonds is 5. The zero-order valence-electron chi connectivity index (χ0n) is 12.6. The lowest BCUT2D eigenvalue weighted by Crippen LogP contribution is -2.06. The van der Waals surface area contributed by atoms with Crippen LogP contribution in [0.4, 0.5) is 5.69 Å². The van der Waals surface area contributed by atoms with E-state index >= 15 is 0 Å². The molecule has 0 saturated heterocycles. The minimum Gasteiger partial charge on any atom is -0.452 e. The molecule has 1 heterocycles. The SMILES string of the molecule is O=C(OCc1nnc(-c2ccc([N+](=O)[O-])cc2)o1)c1ccccc1Br. The largest absolute Gasteiger partial charge is 0.452 e. The van der Waals surface area contributed by atoms with E-state index in [0.29, 0.717) is 15.6 Å². The third kappa shape index (κ3) is 3.89. The van der Waals surface area contributed by atoms with E-state index in [0.717, 1.165) is 0 Å². The van der Waals surface area contributed by atoms with Gasteiger partial charge in [-0.15, -0.1) is 10.2 Å². The highest BCUT2D eigenvalue weighted by Gasteiger charge is 2.15. The van der Waals surface area contributed by atoms with E-state index in [4.69, 9.17) is 9.15 Å². The van der Waals surface area contributed by atoms with Gasteiger partial charge in [-0.3, -0.25) is 10.1 Å². The van der Waals surface area contributed by atoms with Gasteiger partial charge in [0.2, 0.25) is 5.89 Å². The molecule has 0 fully saturated rings. The highest BCUT2D eigenvalue weighted by atomic mass is 79.9. The first-order valence-electron chi connectivity index (χ1n) is 7.03. The summed E-state index contributed by atoms with van der Waals surface area (Å²) in [5, 5.41) is 18.3. The van der Waals surface area contributed by atoms with Crippen molar-refractivity contribution in [2.24, 2.45) is 0 Å². The zero-order chi connectivity index (χ0) is 17.8. The number of carbonyl (C=O) groups is 1. The van der Waals surface area contributed by atoms with Crippen LogP contribution in [0, 0.1) is 10.1 Å². The number of nitro benzene ring substituents is 1. The molecule has 9 heteroatoms. The fourth-order valence-electron chi connectivity index (χ4n) is 1.99. The summed E-state index contributed by atoms with van der Waals surface area (Å²) in [6, 6.07) is 12.6. The van der Waals surface area contributed by atoms with Crippen molar-refractivity contribution < 1.29 is 18.9 Å². The second-order valence-electron chi connectivity index (χ2n) is 4.86. The highest BCUT2D eigenvalue weighted by Crippen LogP contribution is 2.22. The van der Waals surface area contributed by atoms with E-state index < -0.39 is 10.9 Å². The van der Waals surface area contributed by atoms with Gasteiger partial charge in [0.1, 0.15) is 0 Å². The number of nitrogens with zero attached hydrogens (tertiary/aromatic N) is 3. The van der Waals surface area contributed by atoms with Crippen LogP contribution in [0.5, 0.6) is 0 Å². The first-order chi connectivity index (χ1) is 12.0. The van der Waals surface area contributed by atoms with Crippen LogP contribution in [-0.4, -0.2) is 21.1 Å². The van der Waals surface area contributed by atoms with E-state index in [2.05, 4.69) is 26.1 Å². The van der Waals surface area contributed by atoms with E-state index in [-0.39, 0.29) is 24.1 Å². The number of non-ortho nitro benzene ring substituents is 1. The Kier molecular flexibility index (Phi) is 4.85.